The van der Waals surface area contributed by atoms with Crippen molar-refractivity contribution in [2.45, 2.75) is 24.8 Å². The van der Waals surface area contributed by atoms with E-state index in [1.807, 2.05) is 37.3 Å². The number of nitrogens with zero attached hydrogens (tertiary/aromatic N) is 2. The van der Waals surface area contributed by atoms with Crippen LogP contribution in [0.1, 0.15) is 23.6 Å². The second-order valence-corrected chi connectivity index (χ2v) is 10.9. The van der Waals surface area contributed by atoms with Crippen molar-refractivity contribution in [3.63, 3.8) is 0 Å². The van der Waals surface area contributed by atoms with Gasteiger partial charge in [0.2, 0.25) is 0 Å². The summed E-state index contributed by atoms with van der Waals surface area (Å²) in [4.78, 5) is 12.9. The molecule has 0 aliphatic carbocycles. The molecule has 0 unspecified atom stereocenters. The molecule has 39 heavy (non-hydrogen) atoms. The van der Waals surface area contributed by atoms with E-state index in [4.69, 9.17) is 16.3 Å². The first-order chi connectivity index (χ1) is 18.8. The molecular weight excluding hydrogens is 534 g/mol. The summed E-state index contributed by atoms with van der Waals surface area (Å²) in [6.45, 7) is 1.96. The quantitative estimate of drug-likeness (QED) is 0.184. The highest BCUT2D eigenvalue weighted by atomic mass is 35.5. The number of hydrogen-bond donors (Lipinski definition) is 1. The lowest BCUT2D eigenvalue weighted by atomic mass is 10.1. The van der Waals surface area contributed by atoms with Crippen LogP contribution in [0, 0.1) is 0 Å². The molecule has 4 rings (SSSR count). The molecule has 0 aliphatic heterocycles. The van der Waals surface area contributed by atoms with E-state index in [0.29, 0.717) is 23.1 Å². The van der Waals surface area contributed by atoms with Gasteiger partial charge in [0.05, 0.1) is 16.8 Å². The fraction of sp³-hybridized carbons (Fsp3) is 0.133. The first-order valence-corrected chi connectivity index (χ1v) is 14.1. The summed E-state index contributed by atoms with van der Waals surface area (Å²) in [6, 6.07) is 29.8. The van der Waals surface area contributed by atoms with Crippen molar-refractivity contribution in [2.24, 2.45) is 5.10 Å². The normalized spacial score (nSPS) is 11.3. The van der Waals surface area contributed by atoms with Gasteiger partial charge in [-0.15, -0.1) is 0 Å². The van der Waals surface area contributed by atoms with Crippen molar-refractivity contribution in [2.75, 3.05) is 10.8 Å². The van der Waals surface area contributed by atoms with Gasteiger partial charge in [-0.25, -0.2) is 13.8 Å². The molecule has 0 fully saturated rings. The third-order valence-electron chi connectivity index (χ3n) is 5.83. The average Bonchev–Trinajstić information content (AvgIpc) is 2.96. The van der Waals surface area contributed by atoms with Gasteiger partial charge in [-0.3, -0.25) is 9.10 Å². The van der Waals surface area contributed by atoms with Crippen LogP contribution in [0.4, 0.5) is 5.69 Å². The van der Waals surface area contributed by atoms with Crippen LogP contribution in [-0.2, 0) is 27.8 Å². The summed E-state index contributed by atoms with van der Waals surface area (Å²) < 4.78 is 33.7. The topological polar surface area (TPSA) is 88.1 Å². The number of carbonyl (C=O) groups is 1. The summed E-state index contributed by atoms with van der Waals surface area (Å²) in [5.74, 6) is 0.0961. The molecule has 4 aromatic carbocycles. The van der Waals surface area contributed by atoms with Gasteiger partial charge in [-0.1, -0.05) is 61.0 Å². The Morgan fingerprint density at radius 1 is 0.923 bits per heavy atom. The van der Waals surface area contributed by atoms with Crippen LogP contribution in [0.25, 0.3) is 0 Å². The zero-order chi connectivity index (χ0) is 27.7. The minimum absolute atomic E-state index is 0.0959. The second kappa shape index (κ2) is 13.1. The van der Waals surface area contributed by atoms with Crippen molar-refractivity contribution >= 4 is 39.4 Å². The molecule has 200 valence electrons. The Labute approximate surface area is 233 Å². The summed E-state index contributed by atoms with van der Waals surface area (Å²) in [5.41, 5.74) is 5.57. The fourth-order valence-corrected chi connectivity index (χ4v) is 5.38. The summed E-state index contributed by atoms with van der Waals surface area (Å²) in [7, 11) is -3.98. The Morgan fingerprint density at radius 3 is 2.31 bits per heavy atom. The lowest BCUT2D eigenvalue weighted by Gasteiger charge is -2.24. The highest BCUT2D eigenvalue weighted by Gasteiger charge is 2.27. The number of hydrazone groups is 1. The van der Waals surface area contributed by atoms with Crippen LogP contribution < -0.4 is 14.5 Å². The fourth-order valence-electron chi connectivity index (χ4n) is 3.72. The Bertz CT molecular complexity index is 1520. The van der Waals surface area contributed by atoms with Crippen LogP contribution in [0.3, 0.4) is 0 Å². The Morgan fingerprint density at radius 2 is 1.64 bits per heavy atom. The first kappa shape index (κ1) is 27.9. The summed E-state index contributed by atoms with van der Waals surface area (Å²) >= 11 is 6.01. The number of anilines is 1. The van der Waals surface area contributed by atoms with Gasteiger partial charge in [0, 0.05) is 5.02 Å². The zero-order valence-electron chi connectivity index (χ0n) is 21.3. The largest absolute Gasteiger partial charge is 0.489 e. The Hall–Kier alpha value is -4.14. The molecule has 0 atom stereocenters. The third-order valence-corrected chi connectivity index (χ3v) is 7.85. The number of ether oxygens (including phenoxy) is 1. The standard InChI is InChI=1S/C30H28ClN3O4S/c1-2-23-11-15-27(16-12-23)34(39(36,37)29-9-4-3-5-10-29)21-30(35)33-32-20-24-13-17-28(18-14-24)38-22-25-7-6-8-26(31)19-25/h3-20H,2,21-22H2,1H3,(H,33,35)/b32-20-. The van der Waals surface area contributed by atoms with Crippen molar-refractivity contribution < 1.29 is 17.9 Å². The number of carbonyl (C=O) groups excluding carboxylic acids is 1. The smallest absolute Gasteiger partial charge is 0.264 e. The van der Waals surface area contributed by atoms with Crippen molar-refractivity contribution in [1.82, 2.24) is 5.43 Å². The summed E-state index contributed by atoms with van der Waals surface area (Å²) in [5, 5.41) is 4.65. The molecule has 0 saturated heterocycles. The Kier molecular flexibility index (Phi) is 9.35. The van der Waals surface area contributed by atoms with E-state index in [-0.39, 0.29) is 4.90 Å². The minimum Gasteiger partial charge on any atom is -0.489 e. The SMILES string of the molecule is CCc1ccc(N(CC(=O)N/N=C\c2ccc(OCc3cccc(Cl)c3)cc2)S(=O)(=O)c2ccccc2)cc1. The zero-order valence-corrected chi connectivity index (χ0v) is 22.9. The first-order valence-electron chi connectivity index (χ1n) is 12.3. The third kappa shape index (κ3) is 7.69. The van der Waals surface area contributed by atoms with Crippen molar-refractivity contribution in [3.8, 4) is 5.75 Å². The number of amides is 1. The number of rotatable bonds is 11. The average molecular weight is 562 g/mol. The van der Waals surface area contributed by atoms with Crippen LogP contribution in [0.15, 0.2) is 113 Å². The van der Waals surface area contributed by atoms with Gasteiger partial charge in [-0.2, -0.15) is 5.10 Å². The number of sulfonamides is 1. The van der Waals surface area contributed by atoms with E-state index in [1.54, 1.807) is 60.7 Å². The molecule has 0 bridgehead atoms. The van der Waals surface area contributed by atoms with Gasteiger partial charge in [-0.05, 0) is 83.8 Å². The number of nitrogens with one attached hydrogen (secondary N) is 1. The molecule has 7 nitrogen and oxygen atoms in total. The minimum atomic E-state index is -3.98. The van der Waals surface area contributed by atoms with Gasteiger partial charge < -0.3 is 4.74 Å². The van der Waals surface area contributed by atoms with Gasteiger partial charge >= 0.3 is 0 Å². The van der Waals surface area contributed by atoms with Gasteiger partial charge in [0.15, 0.2) is 0 Å². The molecule has 4 aromatic rings. The predicted octanol–water partition coefficient (Wildman–Crippen LogP) is 5.83. The van der Waals surface area contributed by atoms with Crippen LogP contribution in [0.2, 0.25) is 5.02 Å². The second-order valence-electron chi connectivity index (χ2n) is 8.63. The molecule has 0 radical (unpaired) electrons. The van der Waals surface area contributed by atoms with E-state index in [1.165, 1.54) is 18.3 Å². The van der Waals surface area contributed by atoms with Gasteiger partial charge in [0.1, 0.15) is 18.9 Å². The Balaban J connectivity index is 1.40. The monoisotopic (exact) mass is 561 g/mol. The van der Waals surface area contributed by atoms with Crippen LogP contribution >= 0.6 is 11.6 Å². The van der Waals surface area contributed by atoms with E-state index in [9.17, 15) is 13.2 Å². The molecule has 9 heteroatoms. The maximum Gasteiger partial charge on any atom is 0.264 e. The van der Waals surface area contributed by atoms with E-state index >= 15 is 0 Å². The summed E-state index contributed by atoms with van der Waals surface area (Å²) in [6.07, 6.45) is 2.29. The maximum absolute atomic E-state index is 13.4. The number of halogens is 1. The maximum atomic E-state index is 13.4. The van der Waals surface area contributed by atoms with E-state index in [2.05, 4.69) is 10.5 Å². The molecule has 0 aromatic heterocycles. The number of aryl methyl sites for hydroxylation is 1. The molecular formula is C30H28ClN3O4S. The lowest BCUT2D eigenvalue weighted by Crippen LogP contribution is -2.39. The number of hydrogen-bond acceptors (Lipinski definition) is 5. The van der Waals surface area contributed by atoms with E-state index < -0.39 is 22.5 Å². The predicted molar refractivity (Wildman–Crippen MR) is 155 cm³/mol. The van der Waals surface area contributed by atoms with E-state index in [0.717, 1.165) is 27.4 Å². The van der Waals surface area contributed by atoms with Crippen LogP contribution in [-0.4, -0.2) is 27.1 Å². The number of benzene rings is 4. The molecule has 0 saturated carbocycles. The molecule has 0 spiro atoms. The molecule has 1 N–H and O–H groups in total. The molecule has 0 heterocycles. The van der Waals surface area contributed by atoms with Crippen molar-refractivity contribution in [1.29, 1.82) is 0 Å². The highest BCUT2D eigenvalue weighted by Crippen LogP contribution is 2.24. The van der Waals surface area contributed by atoms with Gasteiger partial charge in [0.25, 0.3) is 15.9 Å². The van der Waals surface area contributed by atoms with Crippen LogP contribution in [0.5, 0.6) is 5.75 Å². The highest BCUT2D eigenvalue weighted by molar-refractivity contribution is 7.92. The lowest BCUT2D eigenvalue weighted by molar-refractivity contribution is -0.119. The molecule has 1 amide bonds. The van der Waals surface area contributed by atoms with Crippen molar-refractivity contribution in [3.05, 3.63) is 125 Å². The molecule has 0 aliphatic rings.